The quantitative estimate of drug-likeness (QED) is 0.460. The van der Waals surface area contributed by atoms with Gasteiger partial charge in [0.2, 0.25) is 0 Å². The summed E-state index contributed by atoms with van der Waals surface area (Å²) >= 11 is 0. The van der Waals surface area contributed by atoms with Crippen LogP contribution in [0.25, 0.3) is 0 Å². The average Bonchev–Trinajstić information content (AvgIpc) is 2.61. The summed E-state index contributed by atoms with van der Waals surface area (Å²) in [5, 5.41) is 8.54. The van der Waals surface area contributed by atoms with Crippen LogP contribution in [0.5, 0.6) is 0 Å². The molecule has 2 nitrogen and oxygen atoms in total. The van der Waals surface area contributed by atoms with Gasteiger partial charge in [-0.15, -0.1) is 0 Å². The highest BCUT2D eigenvalue weighted by molar-refractivity contribution is 5.44. The molecule has 0 atom stereocenters. The maximum absolute atomic E-state index is 8.54. The van der Waals surface area contributed by atoms with Gasteiger partial charge < -0.3 is 4.90 Å². The summed E-state index contributed by atoms with van der Waals surface area (Å²) < 4.78 is 0. The van der Waals surface area contributed by atoms with Crippen molar-refractivity contribution in [2.24, 2.45) is 0 Å². The molecule has 2 heteroatoms. The zero-order chi connectivity index (χ0) is 6.97. The van der Waals surface area contributed by atoms with E-state index in [0.717, 1.165) is 12.1 Å². The van der Waals surface area contributed by atoms with Crippen molar-refractivity contribution in [2.45, 2.75) is 0 Å². The van der Waals surface area contributed by atoms with Crippen LogP contribution >= 0.6 is 0 Å². The Kier molecular flexibility index (Phi) is 0.925. The molecule has 0 aliphatic carbocycles. The number of rotatable bonds is 0. The molecule has 2 rings (SSSR count). The third-order valence-corrected chi connectivity index (χ3v) is 1.59. The Morgan fingerprint density at radius 3 is 3.30 bits per heavy atom. The fourth-order valence-corrected chi connectivity index (χ4v) is 0.964. The van der Waals surface area contributed by atoms with E-state index in [1.165, 1.54) is 5.70 Å². The summed E-state index contributed by atoms with van der Waals surface area (Å²) in [4.78, 5) is 2.10. The molecular formula is C8H6N2. The fraction of sp³-hybridized carbons (Fsp3) is 0.125. The maximum atomic E-state index is 8.54. The van der Waals surface area contributed by atoms with Crippen LogP contribution < -0.4 is 0 Å². The van der Waals surface area contributed by atoms with Crippen LogP contribution in [0, 0.1) is 11.3 Å². The van der Waals surface area contributed by atoms with Crippen LogP contribution in [0.15, 0.2) is 35.7 Å². The van der Waals surface area contributed by atoms with Crippen molar-refractivity contribution < 1.29 is 0 Å². The molecule has 0 aromatic rings. The van der Waals surface area contributed by atoms with Gasteiger partial charge in [-0.05, 0) is 18.2 Å². The Labute approximate surface area is 59.4 Å². The maximum Gasteiger partial charge on any atom is 0.0992 e. The second kappa shape index (κ2) is 1.74. The highest BCUT2D eigenvalue weighted by Gasteiger charge is 2.23. The summed E-state index contributed by atoms with van der Waals surface area (Å²) in [5.41, 5.74) is 1.98. The Morgan fingerprint density at radius 1 is 1.60 bits per heavy atom. The smallest absolute Gasteiger partial charge is 0.0992 e. The molecule has 10 heavy (non-hydrogen) atoms. The minimum absolute atomic E-state index is 0.742. The molecule has 2 aliphatic heterocycles. The molecule has 0 aromatic carbocycles. The molecule has 0 saturated carbocycles. The van der Waals surface area contributed by atoms with Gasteiger partial charge in [0.05, 0.1) is 18.2 Å². The van der Waals surface area contributed by atoms with Crippen molar-refractivity contribution in [1.82, 2.24) is 4.90 Å². The van der Waals surface area contributed by atoms with Crippen LogP contribution in [0.1, 0.15) is 0 Å². The Morgan fingerprint density at radius 2 is 2.50 bits per heavy atom. The number of hydrogen-bond acceptors (Lipinski definition) is 2. The summed E-state index contributed by atoms with van der Waals surface area (Å²) in [7, 11) is 0. The molecule has 48 valence electrons. The standard InChI is InChI=1S/C8H6N2/c9-5-7-2-1-3-10-6-8(10)4-7/h1-4H,6H2. The van der Waals surface area contributed by atoms with E-state index < -0.39 is 0 Å². The minimum atomic E-state index is 0.742. The summed E-state index contributed by atoms with van der Waals surface area (Å²) in [6.45, 7) is 0.996. The molecule has 2 aliphatic rings. The second-order valence-corrected chi connectivity index (χ2v) is 2.34. The van der Waals surface area contributed by atoms with Gasteiger partial charge in [-0.1, -0.05) is 0 Å². The number of nitriles is 1. The molecule has 0 aromatic heterocycles. The lowest BCUT2D eigenvalue weighted by Gasteiger charge is -1.81. The molecule has 0 amide bonds. The summed E-state index contributed by atoms with van der Waals surface area (Å²) in [6, 6.07) is 2.11. The van der Waals surface area contributed by atoms with Crippen molar-refractivity contribution in [3.8, 4) is 6.07 Å². The van der Waals surface area contributed by atoms with E-state index in [2.05, 4.69) is 11.0 Å². The van der Waals surface area contributed by atoms with Crippen molar-refractivity contribution >= 4 is 0 Å². The predicted molar refractivity (Wildman–Crippen MR) is 37.6 cm³/mol. The molecule has 0 N–H and O–H groups in total. The van der Waals surface area contributed by atoms with Gasteiger partial charge in [0.1, 0.15) is 0 Å². The Balaban J connectivity index is 2.37. The van der Waals surface area contributed by atoms with E-state index in [9.17, 15) is 0 Å². The van der Waals surface area contributed by atoms with Gasteiger partial charge in [0.25, 0.3) is 0 Å². The van der Waals surface area contributed by atoms with Gasteiger partial charge in [-0.25, -0.2) is 0 Å². The SMILES string of the molecule is N#CC1=CC=CN2CC2=C1. The van der Waals surface area contributed by atoms with Gasteiger partial charge in [0.15, 0.2) is 0 Å². The molecule has 1 saturated heterocycles. The van der Waals surface area contributed by atoms with Crippen molar-refractivity contribution in [3.63, 3.8) is 0 Å². The zero-order valence-electron chi connectivity index (χ0n) is 5.41. The lowest BCUT2D eigenvalue weighted by atomic mass is 10.2. The lowest BCUT2D eigenvalue weighted by Crippen LogP contribution is -1.74. The molecule has 2 heterocycles. The van der Waals surface area contributed by atoms with Crippen molar-refractivity contribution in [2.75, 3.05) is 6.54 Å². The Bertz CT molecular complexity index is 289. The summed E-state index contributed by atoms with van der Waals surface area (Å²) in [5.74, 6) is 0. The molecular weight excluding hydrogens is 124 g/mol. The molecule has 0 unspecified atom stereocenters. The third-order valence-electron chi connectivity index (χ3n) is 1.59. The molecule has 1 fully saturated rings. The largest absolute Gasteiger partial charge is 0.344 e. The van der Waals surface area contributed by atoms with E-state index in [4.69, 9.17) is 5.26 Å². The normalized spacial score (nSPS) is 20.1. The minimum Gasteiger partial charge on any atom is -0.344 e. The second-order valence-electron chi connectivity index (χ2n) is 2.34. The first-order valence-corrected chi connectivity index (χ1v) is 3.16. The highest BCUT2D eigenvalue weighted by atomic mass is 15.3. The number of allylic oxidation sites excluding steroid dienone is 4. The van der Waals surface area contributed by atoms with E-state index in [-0.39, 0.29) is 0 Å². The van der Waals surface area contributed by atoms with Gasteiger partial charge in [-0.3, -0.25) is 0 Å². The molecule has 0 bridgehead atoms. The van der Waals surface area contributed by atoms with Crippen molar-refractivity contribution in [3.05, 3.63) is 35.7 Å². The average molecular weight is 130 g/mol. The fourth-order valence-electron chi connectivity index (χ4n) is 0.964. The Hall–Kier alpha value is -1.49. The monoisotopic (exact) mass is 130 g/mol. The zero-order valence-corrected chi connectivity index (χ0v) is 5.41. The number of hydrogen-bond donors (Lipinski definition) is 0. The van der Waals surface area contributed by atoms with E-state index >= 15 is 0 Å². The third kappa shape index (κ3) is 0.725. The van der Waals surface area contributed by atoms with Crippen molar-refractivity contribution in [1.29, 1.82) is 5.26 Å². The topological polar surface area (TPSA) is 26.8 Å². The first-order valence-electron chi connectivity index (χ1n) is 3.16. The molecule has 0 spiro atoms. The highest BCUT2D eigenvalue weighted by Crippen LogP contribution is 2.25. The lowest BCUT2D eigenvalue weighted by molar-refractivity contribution is 0.806. The van der Waals surface area contributed by atoms with E-state index in [1.54, 1.807) is 0 Å². The van der Waals surface area contributed by atoms with Crippen LogP contribution in [-0.4, -0.2) is 11.4 Å². The van der Waals surface area contributed by atoms with Crippen LogP contribution in [0.4, 0.5) is 0 Å². The van der Waals surface area contributed by atoms with Crippen LogP contribution in [0.3, 0.4) is 0 Å². The predicted octanol–water partition coefficient (Wildman–Crippen LogP) is 1.16. The van der Waals surface area contributed by atoms with Gasteiger partial charge in [-0.2, -0.15) is 5.26 Å². The van der Waals surface area contributed by atoms with Gasteiger partial charge >= 0.3 is 0 Å². The van der Waals surface area contributed by atoms with Crippen LogP contribution in [0.2, 0.25) is 0 Å². The van der Waals surface area contributed by atoms with E-state index in [0.29, 0.717) is 0 Å². The van der Waals surface area contributed by atoms with E-state index in [1.807, 2.05) is 24.4 Å². The first kappa shape index (κ1) is 5.31. The van der Waals surface area contributed by atoms with Gasteiger partial charge in [0, 0.05) is 11.9 Å². The first-order chi connectivity index (χ1) is 4.90. The number of fused-ring (bicyclic) bond motifs is 1. The molecule has 0 radical (unpaired) electrons. The van der Waals surface area contributed by atoms with Crippen LogP contribution in [-0.2, 0) is 0 Å². The summed E-state index contributed by atoms with van der Waals surface area (Å²) in [6.07, 6.45) is 7.62. The number of nitrogens with zero attached hydrogens (tertiary/aromatic N) is 2.